The van der Waals surface area contributed by atoms with E-state index in [2.05, 4.69) is 10.6 Å². The van der Waals surface area contributed by atoms with Crippen LogP contribution in [0.15, 0.2) is 0 Å². The molecule has 0 aliphatic rings. The Morgan fingerprint density at radius 1 is 1.25 bits per heavy atom. The molecule has 0 bridgehead atoms. The molecule has 0 saturated heterocycles. The lowest BCUT2D eigenvalue weighted by Gasteiger charge is -1.91. The summed E-state index contributed by atoms with van der Waals surface area (Å²) in [6.07, 6.45) is 0.640. The first-order chi connectivity index (χ1) is 5.50. The normalized spacial score (nSPS) is 7.75. The molecule has 0 unspecified atom stereocenters. The fourth-order valence-corrected chi connectivity index (χ4v) is 0.241. The van der Waals surface area contributed by atoms with Crippen molar-refractivity contribution in [1.82, 2.24) is 0 Å². The Morgan fingerprint density at radius 3 is 1.92 bits per heavy atom. The number of nitrogens with zero attached hydrogens (tertiary/aromatic N) is 2. The summed E-state index contributed by atoms with van der Waals surface area (Å²) in [7, 11) is 0. The van der Waals surface area contributed by atoms with Gasteiger partial charge in [0.25, 0.3) is 5.09 Å². The van der Waals surface area contributed by atoms with E-state index < -0.39 is 10.2 Å². The average molecular weight is 183 g/mol. The summed E-state index contributed by atoms with van der Waals surface area (Å²) in [6, 6.07) is 0. The molecule has 9 nitrogen and oxygen atoms in total. The minimum atomic E-state index is -1.75. The molecule has 0 spiro atoms. The molecule has 12 heavy (non-hydrogen) atoms. The maximum atomic E-state index is 9.44. The largest absolute Gasteiger partial charge is 0.358 e. The second-order valence-electron chi connectivity index (χ2n) is 1.49. The van der Waals surface area contributed by atoms with Crippen LogP contribution in [0.1, 0.15) is 6.42 Å². The van der Waals surface area contributed by atoms with Crippen molar-refractivity contribution in [2.24, 2.45) is 0 Å². The minimum Gasteiger partial charge on any atom is -0.358 e. The van der Waals surface area contributed by atoms with Gasteiger partial charge in [0.15, 0.2) is 0 Å². The van der Waals surface area contributed by atoms with Crippen LogP contribution in [0.3, 0.4) is 0 Å². The van der Waals surface area contributed by atoms with E-state index in [1.807, 2.05) is 0 Å². The quantitative estimate of drug-likeness (QED) is 0.321. The van der Waals surface area contributed by atoms with Crippen LogP contribution >= 0.6 is 0 Å². The summed E-state index contributed by atoms with van der Waals surface area (Å²) in [6.45, 7) is 0.838. The van der Waals surface area contributed by atoms with Gasteiger partial charge in [-0.05, 0) is 0 Å². The fraction of sp³-hybridized carbons (Fsp3) is 1.00. The van der Waals surface area contributed by atoms with Crippen molar-refractivity contribution in [3.63, 3.8) is 0 Å². The topological polar surface area (TPSA) is 146 Å². The van der Waals surface area contributed by atoms with Crippen LogP contribution in [0.4, 0.5) is 0 Å². The van der Waals surface area contributed by atoms with Crippen molar-refractivity contribution < 1.29 is 20.7 Å². The van der Waals surface area contributed by atoms with Crippen LogP contribution in [0, 0.1) is 25.4 Å². The summed E-state index contributed by atoms with van der Waals surface area (Å²) >= 11 is 0. The molecule has 0 atom stereocenters. The van der Waals surface area contributed by atoms with Gasteiger partial charge >= 0.3 is 0 Å². The maximum Gasteiger partial charge on any atom is 0.294 e. The highest BCUT2D eigenvalue weighted by atomic mass is 16.9. The zero-order chi connectivity index (χ0) is 9.98. The van der Waals surface area contributed by atoms with E-state index in [9.17, 15) is 10.1 Å². The third kappa shape index (κ3) is 40.1. The summed E-state index contributed by atoms with van der Waals surface area (Å²) in [5.41, 5.74) is 3.48. The van der Waals surface area contributed by atoms with E-state index in [1.165, 1.54) is 0 Å². The second-order valence-corrected chi connectivity index (χ2v) is 1.49. The van der Waals surface area contributed by atoms with Crippen LogP contribution < -0.4 is 5.73 Å². The predicted molar refractivity (Wildman–Crippen MR) is 35.7 cm³/mol. The molecule has 0 rings (SSSR count). The molecule has 0 aliphatic heterocycles. The van der Waals surface area contributed by atoms with Crippen LogP contribution in [-0.4, -0.2) is 23.3 Å². The first-order valence-electron chi connectivity index (χ1n) is 2.88. The van der Waals surface area contributed by atoms with Gasteiger partial charge in [0.1, 0.15) is 6.61 Å². The lowest BCUT2D eigenvalue weighted by atomic mass is 10.5. The van der Waals surface area contributed by atoms with Crippen molar-refractivity contribution in [2.75, 3.05) is 13.2 Å². The molecule has 0 fully saturated rings. The summed E-state index contributed by atoms with van der Waals surface area (Å²) in [4.78, 5) is 21.7. The average Bonchev–Trinajstić information content (AvgIpc) is 1.86. The van der Waals surface area contributed by atoms with E-state index in [0.29, 0.717) is 13.0 Å². The van der Waals surface area contributed by atoms with Crippen molar-refractivity contribution >= 4 is 0 Å². The van der Waals surface area contributed by atoms with Gasteiger partial charge < -0.3 is 25.9 Å². The molecule has 0 saturated carbocycles. The molecule has 0 aromatic rings. The van der Waals surface area contributed by atoms with Gasteiger partial charge in [-0.2, -0.15) is 0 Å². The van der Waals surface area contributed by atoms with E-state index in [1.54, 1.807) is 0 Å². The standard InChI is InChI=1S/C3H8N2O3.NO3/c4-2-1-3-8-5(6)7;2-1(3)4/h1-4H2;/q;-1/p+1. The van der Waals surface area contributed by atoms with Crippen molar-refractivity contribution in [3.05, 3.63) is 25.4 Å². The Bertz CT molecular complexity index is 134. The highest BCUT2D eigenvalue weighted by molar-refractivity contribution is 4.23. The summed E-state index contributed by atoms with van der Waals surface area (Å²) in [5.74, 6) is 0. The van der Waals surface area contributed by atoms with Gasteiger partial charge in [0, 0.05) is 6.42 Å². The van der Waals surface area contributed by atoms with E-state index in [0.717, 1.165) is 0 Å². The summed E-state index contributed by atoms with van der Waals surface area (Å²) in [5, 5.41) is 23.4. The molecule has 0 radical (unpaired) electrons. The highest BCUT2D eigenvalue weighted by Crippen LogP contribution is 1.76. The first-order valence-corrected chi connectivity index (χ1v) is 2.88. The van der Waals surface area contributed by atoms with Crippen molar-refractivity contribution in [1.29, 1.82) is 0 Å². The molecule has 0 aromatic carbocycles. The van der Waals surface area contributed by atoms with Crippen LogP contribution in [-0.2, 0) is 4.84 Å². The van der Waals surface area contributed by atoms with Crippen LogP contribution in [0.2, 0.25) is 0 Å². The van der Waals surface area contributed by atoms with E-state index in [-0.39, 0.29) is 6.61 Å². The zero-order valence-electron chi connectivity index (χ0n) is 6.17. The van der Waals surface area contributed by atoms with Gasteiger partial charge in [0.05, 0.1) is 11.6 Å². The molecule has 72 valence electrons. The van der Waals surface area contributed by atoms with E-state index in [4.69, 9.17) is 15.3 Å². The zero-order valence-corrected chi connectivity index (χ0v) is 6.17. The Morgan fingerprint density at radius 2 is 1.67 bits per heavy atom. The number of hydrogen-bond donors (Lipinski definition) is 1. The third-order valence-electron chi connectivity index (χ3n) is 0.591. The van der Waals surface area contributed by atoms with Gasteiger partial charge in [-0.25, -0.2) is 0 Å². The molecule has 0 aromatic heterocycles. The molecule has 0 aliphatic carbocycles. The monoisotopic (exact) mass is 183 g/mol. The molecular weight excluding hydrogens is 174 g/mol. The van der Waals surface area contributed by atoms with Gasteiger partial charge in [-0.15, -0.1) is 10.1 Å². The van der Waals surface area contributed by atoms with Crippen LogP contribution in [0.5, 0.6) is 0 Å². The molecule has 9 heteroatoms. The van der Waals surface area contributed by atoms with Crippen molar-refractivity contribution in [3.8, 4) is 0 Å². The first kappa shape index (κ1) is 13.0. The number of rotatable bonds is 4. The lowest BCUT2D eigenvalue weighted by molar-refractivity contribution is -0.758. The van der Waals surface area contributed by atoms with Gasteiger partial charge in [0.2, 0.25) is 0 Å². The van der Waals surface area contributed by atoms with Gasteiger partial charge in [-0.1, -0.05) is 0 Å². The maximum absolute atomic E-state index is 9.44. The SMILES string of the molecule is O=[N+]([O-])[O-].[NH3+]CCCO[N+](=O)[O-]. The van der Waals surface area contributed by atoms with Gasteiger partial charge in [-0.3, -0.25) is 0 Å². The van der Waals surface area contributed by atoms with Crippen LogP contribution in [0.25, 0.3) is 0 Å². The number of hydrogen-bond acceptors (Lipinski definition) is 6. The smallest absolute Gasteiger partial charge is 0.294 e. The molecular formula is C3H9N3O6. The molecule has 0 amide bonds. The second kappa shape index (κ2) is 9.36. The fourth-order valence-electron chi connectivity index (χ4n) is 0.241. The third-order valence-corrected chi connectivity index (χ3v) is 0.591. The minimum absolute atomic E-state index is 0.163. The van der Waals surface area contributed by atoms with E-state index >= 15 is 0 Å². The lowest BCUT2D eigenvalue weighted by Crippen LogP contribution is -2.50. The Labute approximate surface area is 66.9 Å². The Kier molecular flexibility index (Phi) is 10.1. The Hall–Kier alpha value is -1.64. The Balaban J connectivity index is 0. The van der Waals surface area contributed by atoms with Crippen molar-refractivity contribution in [2.45, 2.75) is 6.42 Å². The number of quaternary nitrogens is 1. The highest BCUT2D eigenvalue weighted by Gasteiger charge is 1.91. The molecule has 0 heterocycles. The predicted octanol–water partition coefficient (Wildman–Crippen LogP) is -1.41. The summed E-state index contributed by atoms with van der Waals surface area (Å²) < 4.78 is 0. The molecule has 3 N–H and O–H groups in total.